The molecule has 1 aromatic carbocycles. The van der Waals surface area contributed by atoms with Crippen LogP contribution in [-0.4, -0.2) is 38.8 Å². The normalized spacial score (nSPS) is 11.9. The Labute approximate surface area is 164 Å². The standard InChI is InChI=1S/C22H24N4O2/c1-14-7-9-17(10-8-14)20-24-13-18(21(27)25-20)22(28)26(4)16(3)12-19-15(2)6-5-11-23-19/h5-11,13,16H,12H2,1-4H3,(H,24,25,27). The van der Waals surface area contributed by atoms with E-state index in [1.807, 2.05) is 57.2 Å². The minimum atomic E-state index is -0.441. The van der Waals surface area contributed by atoms with E-state index in [-0.39, 0.29) is 17.5 Å². The maximum absolute atomic E-state index is 12.8. The van der Waals surface area contributed by atoms with Crippen molar-refractivity contribution in [3.8, 4) is 11.4 Å². The lowest BCUT2D eigenvalue weighted by Crippen LogP contribution is -2.39. The molecule has 0 bridgehead atoms. The van der Waals surface area contributed by atoms with Crippen LogP contribution in [0.3, 0.4) is 0 Å². The van der Waals surface area contributed by atoms with Crippen molar-refractivity contribution in [3.05, 3.63) is 81.5 Å². The van der Waals surface area contributed by atoms with Crippen molar-refractivity contribution >= 4 is 5.91 Å². The van der Waals surface area contributed by atoms with Gasteiger partial charge in [-0.05, 0) is 32.4 Å². The van der Waals surface area contributed by atoms with E-state index in [9.17, 15) is 9.59 Å². The molecule has 0 fully saturated rings. The molecule has 1 amide bonds. The zero-order valence-corrected chi connectivity index (χ0v) is 16.6. The molecule has 0 radical (unpaired) electrons. The van der Waals surface area contributed by atoms with Crippen LogP contribution >= 0.6 is 0 Å². The number of aryl methyl sites for hydroxylation is 2. The van der Waals surface area contributed by atoms with E-state index >= 15 is 0 Å². The van der Waals surface area contributed by atoms with Crippen LogP contribution in [0.5, 0.6) is 0 Å². The number of hydrogen-bond acceptors (Lipinski definition) is 4. The van der Waals surface area contributed by atoms with Crippen molar-refractivity contribution in [3.63, 3.8) is 0 Å². The zero-order chi connectivity index (χ0) is 20.3. The van der Waals surface area contributed by atoms with Crippen molar-refractivity contribution in [1.82, 2.24) is 19.9 Å². The van der Waals surface area contributed by atoms with Gasteiger partial charge >= 0.3 is 0 Å². The van der Waals surface area contributed by atoms with Crippen molar-refractivity contribution in [1.29, 1.82) is 0 Å². The lowest BCUT2D eigenvalue weighted by molar-refractivity contribution is 0.0740. The summed E-state index contributed by atoms with van der Waals surface area (Å²) in [5.74, 6) is 0.0895. The summed E-state index contributed by atoms with van der Waals surface area (Å²) in [6, 6.07) is 11.4. The number of benzene rings is 1. The van der Waals surface area contributed by atoms with E-state index in [0.717, 1.165) is 22.4 Å². The van der Waals surface area contributed by atoms with Crippen LogP contribution in [0.2, 0.25) is 0 Å². The fraction of sp³-hybridized carbons (Fsp3) is 0.273. The number of hydrogen-bond donors (Lipinski definition) is 1. The van der Waals surface area contributed by atoms with Crippen molar-refractivity contribution < 1.29 is 4.79 Å². The molecular weight excluding hydrogens is 352 g/mol. The van der Waals surface area contributed by atoms with Gasteiger partial charge in [0.2, 0.25) is 0 Å². The van der Waals surface area contributed by atoms with E-state index in [0.29, 0.717) is 12.2 Å². The van der Waals surface area contributed by atoms with E-state index in [1.165, 1.54) is 6.20 Å². The molecule has 0 aliphatic rings. The Kier molecular flexibility index (Phi) is 5.68. The first-order valence-corrected chi connectivity index (χ1v) is 9.21. The van der Waals surface area contributed by atoms with Crippen LogP contribution in [0.25, 0.3) is 11.4 Å². The van der Waals surface area contributed by atoms with Gasteiger partial charge < -0.3 is 9.88 Å². The Hall–Kier alpha value is -3.28. The number of aromatic nitrogens is 3. The fourth-order valence-electron chi connectivity index (χ4n) is 2.94. The van der Waals surface area contributed by atoms with E-state index < -0.39 is 5.56 Å². The molecule has 0 spiro atoms. The second kappa shape index (κ2) is 8.17. The van der Waals surface area contributed by atoms with Crippen LogP contribution in [-0.2, 0) is 6.42 Å². The number of nitrogens with one attached hydrogen (secondary N) is 1. The Morgan fingerprint density at radius 2 is 1.86 bits per heavy atom. The molecule has 6 heteroatoms. The molecule has 6 nitrogen and oxygen atoms in total. The van der Waals surface area contributed by atoms with E-state index in [2.05, 4.69) is 15.0 Å². The molecule has 0 saturated carbocycles. The predicted octanol–water partition coefficient (Wildman–Crippen LogP) is 3.15. The van der Waals surface area contributed by atoms with Crippen molar-refractivity contribution in [2.24, 2.45) is 0 Å². The Bertz CT molecular complexity index is 1040. The van der Waals surface area contributed by atoms with Gasteiger partial charge in [-0.15, -0.1) is 0 Å². The molecule has 3 aromatic rings. The number of aromatic amines is 1. The molecule has 1 N–H and O–H groups in total. The van der Waals surface area contributed by atoms with E-state index in [1.54, 1.807) is 18.1 Å². The minimum absolute atomic E-state index is 0.0305. The molecule has 28 heavy (non-hydrogen) atoms. The summed E-state index contributed by atoms with van der Waals surface area (Å²) >= 11 is 0. The van der Waals surface area contributed by atoms with Crippen molar-refractivity contribution in [2.45, 2.75) is 33.2 Å². The van der Waals surface area contributed by atoms with Crippen LogP contribution in [0.15, 0.2) is 53.6 Å². The Morgan fingerprint density at radius 1 is 1.14 bits per heavy atom. The Morgan fingerprint density at radius 3 is 2.50 bits per heavy atom. The topological polar surface area (TPSA) is 79.0 Å². The number of amides is 1. The first-order valence-electron chi connectivity index (χ1n) is 9.21. The molecule has 0 saturated heterocycles. The SMILES string of the molecule is Cc1ccc(-c2ncc(C(=O)N(C)C(C)Cc3ncccc3C)c(=O)[nH]2)cc1. The Balaban J connectivity index is 1.78. The van der Waals surface area contributed by atoms with Gasteiger partial charge in [0.15, 0.2) is 0 Å². The highest BCUT2D eigenvalue weighted by Crippen LogP contribution is 2.15. The number of rotatable bonds is 5. The quantitative estimate of drug-likeness (QED) is 0.742. The smallest absolute Gasteiger partial charge is 0.264 e. The monoisotopic (exact) mass is 376 g/mol. The van der Waals surface area contributed by atoms with Gasteiger partial charge in [0.05, 0.1) is 0 Å². The molecule has 2 heterocycles. The van der Waals surface area contributed by atoms with Crippen LogP contribution < -0.4 is 5.56 Å². The van der Waals surface area contributed by atoms with Gasteiger partial charge in [0, 0.05) is 43.2 Å². The number of likely N-dealkylation sites (N-methyl/N-ethyl adjacent to an activating group) is 1. The van der Waals surface area contributed by atoms with Crippen LogP contribution in [0.4, 0.5) is 0 Å². The highest BCUT2D eigenvalue weighted by atomic mass is 16.2. The summed E-state index contributed by atoms with van der Waals surface area (Å²) in [4.78, 5) is 38.3. The number of H-pyrrole nitrogens is 1. The van der Waals surface area contributed by atoms with Gasteiger partial charge in [-0.3, -0.25) is 14.6 Å². The van der Waals surface area contributed by atoms with Crippen molar-refractivity contribution in [2.75, 3.05) is 7.05 Å². The largest absolute Gasteiger partial charge is 0.338 e. The molecule has 1 unspecified atom stereocenters. The van der Waals surface area contributed by atoms with Gasteiger partial charge in [-0.25, -0.2) is 4.98 Å². The molecule has 144 valence electrons. The third-order valence-corrected chi connectivity index (χ3v) is 4.94. The van der Waals surface area contributed by atoms with Gasteiger partial charge in [0.25, 0.3) is 11.5 Å². The lowest BCUT2D eigenvalue weighted by atomic mass is 10.1. The van der Waals surface area contributed by atoms with Gasteiger partial charge in [-0.2, -0.15) is 0 Å². The highest BCUT2D eigenvalue weighted by molar-refractivity contribution is 5.93. The fourth-order valence-corrected chi connectivity index (χ4v) is 2.94. The molecule has 3 rings (SSSR count). The molecule has 1 atom stereocenters. The third kappa shape index (κ3) is 4.17. The number of pyridine rings is 1. The second-order valence-corrected chi connectivity index (χ2v) is 7.08. The summed E-state index contributed by atoms with van der Waals surface area (Å²) in [6.45, 7) is 5.93. The first-order chi connectivity index (χ1) is 13.4. The first kappa shape index (κ1) is 19.5. The summed E-state index contributed by atoms with van der Waals surface area (Å²) in [5.41, 5.74) is 3.53. The number of carbonyl (C=O) groups is 1. The van der Waals surface area contributed by atoms with E-state index in [4.69, 9.17) is 0 Å². The van der Waals surface area contributed by atoms with Gasteiger partial charge in [-0.1, -0.05) is 35.9 Å². The number of carbonyl (C=O) groups excluding carboxylic acids is 1. The zero-order valence-electron chi connectivity index (χ0n) is 16.6. The third-order valence-electron chi connectivity index (χ3n) is 4.94. The van der Waals surface area contributed by atoms with Crippen LogP contribution in [0, 0.1) is 13.8 Å². The van der Waals surface area contributed by atoms with Gasteiger partial charge in [0.1, 0.15) is 11.4 Å². The summed E-state index contributed by atoms with van der Waals surface area (Å²) in [6.07, 6.45) is 3.71. The summed E-state index contributed by atoms with van der Waals surface area (Å²) in [5, 5.41) is 0. The summed E-state index contributed by atoms with van der Waals surface area (Å²) in [7, 11) is 1.69. The molecule has 0 aliphatic carbocycles. The predicted molar refractivity (Wildman–Crippen MR) is 109 cm³/mol. The van der Waals surface area contributed by atoms with Crippen LogP contribution in [0.1, 0.15) is 34.1 Å². The average Bonchev–Trinajstić information content (AvgIpc) is 2.69. The summed E-state index contributed by atoms with van der Waals surface area (Å²) < 4.78 is 0. The molecule has 2 aromatic heterocycles. The highest BCUT2D eigenvalue weighted by Gasteiger charge is 2.22. The maximum atomic E-state index is 12.8. The average molecular weight is 376 g/mol. The lowest BCUT2D eigenvalue weighted by Gasteiger charge is -2.25. The molecular formula is C22H24N4O2. The molecule has 0 aliphatic heterocycles. The maximum Gasteiger partial charge on any atom is 0.264 e. The second-order valence-electron chi connectivity index (χ2n) is 7.08. The minimum Gasteiger partial charge on any atom is -0.338 e. The number of nitrogens with zero attached hydrogens (tertiary/aromatic N) is 3.